The van der Waals surface area contributed by atoms with Gasteiger partial charge < -0.3 is 10.1 Å². The van der Waals surface area contributed by atoms with Crippen LogP contribution in [0.1, 0.15) is 68.2 Å². The third-order valence-corrected chi connectivity index (χ3v) is 6.89. The minimum absolute atomic E-state index is 0.0634. The first kappa shape index (κ1) is 21.2. The van der Waals surface area contributed by atoms with Gasteiger partial charge in [-0.25, -0.2) is 4.79 Å². The monoisotopic (exact) mass is 440 g/mol. The molecule has 0 fully saturated rings. The Morgan fingerprint density at radius 1 is 1.13 bits per heavy atom. The molecule has 31 heavy (non-hydrogen) atoms. The van der Waals surface area contributed by atoms with Crippen LogP contribution >= 0.6 is 11.3 Å². The van der Waals surface area contributed by atoms with Crippen molar-refractivity contribution in [2.45, 2.75) is 45.6 Å². The summed E-state index contributed by atoms with van der Waals surface area (Å²) in [6, 6.07) is 5.61. The lowest BCUT2D eigenvalue weighted by molar-refractivity contribution is -0.120. The normalized spacial score (nSPS) is 15.8. The second-order valence-electron chi connectivity index (χ2n) is 8.21. The van der Waals surface area contributed by atoms with Gasteiger partial charge in [0.1, 0.15) is 11.0 Å². The summed E-state index contributed by atoms with van der Waals surface area (Å²) in [5.74, 6) is -1.84. The molecular formula is C23H24N2O5S. The first-order valence-corrected chi connectivity index (χ1v) is 11.2. The summed E-state index contributed by atoms with van der Waals surface area (Å²) in [5.41, 5.74) is 1.92. The van der Waals surface area contributed by atoms with Crippen molar-refractivity contribution in [3.63, 3.8) is 0 Å². The Bertz CT molecular complexity index is 1050. The molecule has 4 rings (SSSR count). The largest absolute Gasteiger partial charge is 0.465 e. The molecule has 1 aliphatic carbocycles. The molecule has 2 aromatic rings. The number of amides is 3. The van der Waals surface area contributed by atoms with Gasteiger partial charge in [0.2, 0.25) is 5.91 Å². The van der Waals surface area contributed by atoms with Gasteiger partial charge in [0.15, 0.2) is 0 Å². The summed E-state index contributed by atoms with van der Waals surface area (Å²) in [5, 5.41) is 3.26. The summed E-state index contributed by atoms with van der Waals surface area (Å²) in [6.07, 6.45) is 2.90. The fraction of sp³-hybridized carbons (Fsp3) is 0.391. The van der Waals surface area contributed by atoms with Crippen LogP contribution in [0.3, 0.4) is 0 Å². The average Bonchev–Trinajstić information content (AvgIpc) is 3.39. The number of hydrogen-bond donors (Lipinski definition) is 1. The van der Waals surface area contributed by atoms with Gasteiger partial charge in [0, 0.05) is 4.88 Å². The van der Waals surface area contributed by atoms with Gasteiger partial charge in [0.25, 0.3) is 11.8 Å². The number of thiophene rings is 1. The lowest BCUT2D eigenvalue weighted by atomic mass is 10.0. The second-order valence-corrected chi connectivity index (χ2v) is 9.32. The van der Waals surface area contributed by atoms with Gasteiger partial charge in [-0.15, -0.1) is 11.3 Å². The number of methoxy groups -OCH3 is 1. The number of carbonyl (C=O) groups is 4. The molecule has 7 nitrogen and oxygen atoms in total. The fourth-order valence-corrected chi connectivity index (χ4v) is 5.55. The van der Waals surface area contributed by atoms with Crippen molar-refractivity contribution >= 4 is 40.0 Å². The van der Waals surface area contributed by atoms with E-state index in [1.807, 2.05) is 13.8 Å². The molecule has 1 atom stereocenters. The highest BCUT2D eigenvalue weighted by molar-refractivity contribution is 7.17. The summed E-state index contributed by atoms with van der Waals surface area (Å²) >= 11 is 1.37. The van der Waals surface area contributed by atoms with Crippen LogP contribution < -0.4 is 5.32 Å². The number of anilines is 1. The Kier molecular flexibility index (Phi) is 5.66. The van der Waals surface area contributed by atoms with Crippen LogP contribution in [0.25, 0.3) is 0 Å². The Morgan fingerprint density at radius 2 is 1.77 bits per heavy atom. The zero-order valence-corrected chi connectivity index (χ0v) is 18.5. The maximum atomic E-state index is 13.4. The molecular weight excluding hydrogens is 416 g/mol. The number of nitrogens with zero attached hydrogens (tertiary/aromatic N) is 1. The van der Waals surface area contributed by atoms with Crippen LogP contribution in [0.2, 0.25) is 0 Å². The van der Waals surface area contributed by atoms with Crippen LogP contribution in [0.5, 0.6) is 0 Å². The van der Waals surface area contributed by atoms with Gasteiger partial charge in [0.05, 0.1) is 23.8 Å². The molecule has 0 saturated heterocycles. The first-order valence-electron chi connectivity index (χ1n) is 10.3. The number of ether oxygens (including phenoxy) is 1. The molecule has 0 bridgehead atoms. The summed E-state index contributed by atoms with van der Waals surface area (Å²) in [6.45, 7) is 3.86. The van der Waals surface area contributed by atoms with E-state index in [-0.39, 0.29) is 5.92 Å². The van der Waals surface area contributed by atoms with Gasteiger partial charge in [-0.3, -0.25) is 19.3 Å². The highest BCUT2D eigenvalue weighted by Crippen LogP contribution is 2.40. The van der Waals surface area contributed by atoms with E-state index in [0.29, 0.717) is 28.1 Å². The molecule has 1 aliphatic heterocycles. The summed E-state index contributed by atoms with van der Waals surface area (Å²) < 4.78 is 4.94. The van der Waals surface area contributed by atoms with Crippen LogP contribution in [0.4, 0.5) is 5.00 Å². The molecule has 2 heterocycles. The van der Waals surface area contributed by atoms with Gasteiger partial charge in [-0.05, 0) is 49.3 Å². The molecule has 162 valence electrons. The zero-order chi connectivity index (χ0) is 22.3. The molecule has 1 N–H and O–H groups in total. The Morgan fingerprint density at radius 3 is 2.35 bits per heavy atom. The van der Waals surface area contributed by atoms with Gasteiger partial charge >= 0.3 is 5.97 Å². The highest BCUT2D eigenvalue weighted by atomic mass is 32.1. The van der Waals surface area contributed by atoms with Crippen molar-refractivity contribution in [1.82, 2.24) is 4.90 Å². The van der Waals surface area contributed by atoms with Crippen LogP contribution in [0.15, 0.2) is 24.3 Å². The van der Waals surface area contributed by atoms with Crippen molar-refractivity contribution < 1.29 is 23.9 Å². The van der Waals surface area contributed by atoms with E-state index in [9.17, 15) is 19.2 Å². The molecule has 0 radical (unpaired) electrons. The molecule has 0 spiro atoms. The summed E-state index contributed by atoms with van der Waals surface area (Å²) in [7, 11) is 1.31. The van der Waals surface area contributed by atoms with Crippen LogP contribution in [-0.2, 0) is 22.4 Å². The SMILES string of the molecule is COC(=O)c1c(NC(=O)C(CC(C)C)N2C(=O)c3ccccc3C2=O)sc2c1CCC2. The number of imide groups is 1. The molecule has 2 aliphatic rings. The predicted octanol–water partition coefficient (Wildman–Crippen LogP) is 3.67. The van der Waals surface area contributed by atoms with Crippen molar-refractivity contribution in [2.75, 3.05) is 12.4 Å². The molecule has 1 unspecified atom stereocenters. The number of aryl methyl sites for hydroxylation is 1. The minimum atomic E-state index is -0.977. The quantitative estimate of drug-likeness (QED) is 0.546. The maximum Gasteiger partial charge on any atom is 0.341 e. The number of carbonyl (C=O) groups excluding carboxylic acids is 4. The smallest absolute Gasteiger partial charge is 0.341 e. The summed E-state index contributed by atoms with van der Waals surface area (Å²) in [4.78, 5) is 53.8. The van der Waals surface area contributed by atoms with E-state index in [1.165, 1.54) is 18.4 Å². The van der Waals surface area contributed by atoms with Crippen LogP contribution in [0, 0.1) is 5.92 Å². The van der Waals surface area contributed by atoms with E-state index in [4.69, 9.17) is 4.74 Å². The topological polar surface area (TPSA) is 92.8 Å². The van der Waals surface area contributed by atoms with Crippen molar-refractivity contribution in [3.05, 3.63) is 51.4 Å². The number of hydrogen-bond acceptors (Lipinski definition) is 6. The van der Waals surface area contributed by atoms with Crippen molar-refractivity contribution in [3.8, 4) is 0 Å². The molecule has 1 aromatic carbocycles. The minimum Gasteiger partial charge on any atom is -0.465 e. The molecule has 3 amide bonds. The number of esters is 1. The van der Waals surface area contributed by atoms with E-state index >= 15 is 0 Å². The van der Waals surface area contributed by atoms with E-state index < -0.39 is 29.7 Å². The maximum absolute atomic E-state index is 13.4. The number of fused-ring (bicyclic) bond motifs is 2. The highest BCUT2D eigenvalue weighted by Gasteiger charge is 2.43. The standard InChI is InChI=1S/C23H24N2O5S/c1-12(2)11-16(25-21(27)13-7-4-5-8-14(13)22(25)28)19(26)24-20-18(23(29)30-3)15-9-6-10-17(15)31-20/h4-5,7-8,12,16H,6,9-11H2,1-3H3,(H,24,26). The van der Waals surface area contributed by atoms with Gasteiger partial charge in [-0.2, -0.15) is 0 Å². The molecule has 1 aromatic heterocycles. The third kappa shape index (κ3) is 3.65. The lowest BCUT2D eigenvalue weighted by Gasteiger charge is -2.26. The van der Waals surface area contributed by atoms with E-state index in [2.05, 4.69) is 5.32 Å². The Balaban J connectivity index is 1.67. The number of nitrogens with one attached hydrogen (secondary N) is 1. The lowest BCUT2D eigenvalue weighted by Crippen LogP contribution is -2.48. The number of benzene rings is 1. The van der Waals surface area contributed by atoms with Crippen molar-refractivity contribution in [2.24, 2.45) is 5.92 Å². The average molecular weight is 441 g/mol. The van der Waals surface area contributed by atoms with Crippen LogP contribution in [-0.4, -0.2) is 41.7 Å². The van der Waals surface area contributed by atoms with Crippen molar-refractivity contribution in [1.29, 1.82) is 0 Å². The fourth-order valence-electron chi connectivity index (χ4n) is 4.27. The Labute approximate surface area is 184 Å². The molecule has 8 heteroatoms. The van der Waals surface area contributed by atoms with Gasteiger partial charge in [-0.1, -0.05) is 26.0 Å². The Hall–Kier alpha value is -3.00. The predicted molar refractivity (Wildman–Crippen MR) is 116 cm³/mol. The van der Waals surface area contributed by atoms with E-state index in [1.54, 1.807) is 24.3 Å². The molecule has 0 saturated carbocycles. The third-order valence-electron chi connectivity index (χ3n) is 5.68. The van der Waals surface area contributed by atoms with E-state index in [0.717, 1.165) is 34.6 Å². The first-order chi connectivity index (χ1) is 14.8. The number of rotatable bonds is 6. The zero-order valence-electron chi connectivity index (χ0n) is 17.7. The second kappa shape index (κ2) is 8.26.